The Labute approximate surface area is 610 Å². The Balaban J connectivity index is 4.12. The van der Waals surface area contributed by atoms with E-state index in [1.54, 1.807) is 0 Å². The predicted molar refractivity (Wildman–Crippen MR) is 428 cm³/mol. The van der Waals surface area contributed by atoms with Gasteiger partial charge in [-0.3, -0.25) is 9.59 Å². The summed E-state index contributed by atoms with van der Waals surface area (Å²) < 4.78 is 23.0. The summed E-state index contributed by atoms with van der Waals surface area (Å²) in [4.78, 5) is 37.7. The first kappa shape index (κ1) is 93.9. The minimum atomic E-state index is -1.53. The number of ether oxygens (including phenoxy) is 4. The van der Waals surface area contributed by atoms with E-state index in [0.29, 0.717) is 23.9 Å². The second kappa shape index (κ2) is 78.6. The Morgan fingerprint density at radius 3 is 0.859 bits per heavy atom. The van der Waals surface area contributed by atoms with E-state index in [4.69, 9.17) is 18.9 Å². The topological polar surface area (TPSA) is 108 Å². The van der Waals surface area contributed by atoms with Crippen LogP contribution in [-0.4, -0.2) is 87.4 Å². The third-order valence-electron chi connectivity index (χ3n) is 17.3. The first-order chi connectivity index (χ1) is 48.6. The molecular formula is C90H152NO8+. The number of esters is 2. The first-order valence-electron chi connectivity index (χ1n) is 40.6. The molecule has 0 rings (SSSR count). The fraction of sp³-hybridized carbons (Fsp3) is 0.678. The number of nitrogens with zero attached hydrogens (tertiary/aromatic N) is 1. The molecule has 0 spiro atoms. The normalized spacial score (nSPS) is 13.5. The highest BCUT2D eigenvalue weighted by Crippen LogP contribution is 2.18. The summed E-state index contributed by atoms with van der Waals surface area (Å²) in [6, 6.07) is 0. The summed E-state index contributed by atoms with van der Waals surface area (Å²) >= 11 is 0. The number of carboxylic acids is 1. The van der Waals surface area contributed by atoms with Crippen molar-refractivity contribution in [3.63, 3.8) is 0 Å². The molecule has 0 fully saturated rings. The van der Waals surface area contributed by atoms with Crippen LogP contribution >= 0.6 is 0 Å². The average Bonchev–Trinajstić information content (AvgIpc) is 1.14. The summed E-state index contributed by atoms with van der Waals surface area (Å²) in [5.74, 6) is -2.03. The van der Waals surface area contributed by atoms with Crippen LogP contribution in [0.25, 0.3) is 0 Å². The molecule has 0 aliphatic rings. The maximum absolute atomic E-state index is 13.0. The highest BCUT2D eigenvalue weighted by molar-refractivity contribution is 5.71. The summed E-state index contributed by atoms with van der Waals surface area (Å²) in [6.45, 7) is 4.75. The molecule has 0 aromatic heterocycles. The molecule has 0 heterocycles. The van der Waals surface area contributed by atoms with Gasteiger partial charge >= 0.3 is 17.9 Å². The smallest absolute Gasteiger partial charge is 0.361 e. The van der Waals surface area contributed by atoms with Crippen LogP contribution in [0.4, 0.5) is 0 Å². The molecule has 0 radical (unpaired) electrons. The molecular weight excluding hydrogens is 1220 g/mol. The van der Waals surface area contributed by atoms with Crippen LogP contribution in [0.3, 0.4) is 0 Å². The monoisotopic (exact) mass is 1380 g/mol. The zero-order chi connectivity index (χ0) is 71.8. The SMILES string of the molecule is CC/C=C\C/C=C\C/C=C\C/C=C\C/C=C\C/C=C\C/C=C\C/C=C\C/C=C\C/C=C\C/C=C\CCCCCCCC(=O)OC(COC(=O)CCCCCCCCCCCCCCCCCCCCCCCCC/C=C\C/C=C\CCCCCCC)COC(OCC[N+](C)(C)C)C(=O)O. The fourth-order valence-electron chi connectivity index (χ4n) is 11.1. The number of hydrogen-bond donors (Lipinski definition) is 1. The van der Waals surface area contributed by atoms with Gasteiger partial charge in [-0.15, -0.1) is 0 Å². The van der Waals surface area contributed by atoms with E-state index in [1.165, 1.54) is 173 Å². The molecule has 2 atom stereocenters. The van der Waals surface area contributed by atoms with Crippen molar-refractivity contribution < 1.29 is 42.9 Å². The molecule has 0 aliphatic carbocycles. The van der Waals surface area contributed by atoms with Gasteiger partial charge in [0.05, 0.1) is 34.4 Å². The van der Waals surface area contributed by atoms with Crippen molar-refractivity contribution in [2.24, 2.45) is 0 Å². The largest absolute Gasteiger partial charge is 0.477 e. The van der Waals surface area contributed by atoms with Crippen molar-refractivity contribution in [2.75, 3.05) is 47.5 Å². The van der Waals surface area contributed by atoms with Crippen molar-refractivity contribution in [3.05, 3.63) is 158 Å². The lowest BCUT2D eigenvalue weighted by Gasteiger charge is -2.25. The number of carboxylic acid groups (broad SMARTS) is 1. The zero-order valence-electron chi connectivity index (χ0n) is 64.6. The van der Waals surface area contributed by atoms with Gasteiger partial charge < -0.3 is 28.5 Å². The summed E-state index contributed by atoms with van der Waals surface area (Å²) in [7, 11) is 5.97. The standard InChI is InChI=1S/C90H151NO8/c1-6-8-10-12-14-16-18-20-22-24-26-28-30-32-34-36-38-40-42-43-44-45-47-49-51-53-55-57-59-61-63-65-67-69-71-73-75-77-79-81-88(93)99-86(85-98-90(89(94)95)96-83-82-91(3,4)5)84-97-87(92)80-78-76-74-72-70-68-66-64-62-60-58-56-54-52-50-48-46-41-39-37-35-33-31-29-27-25-23-21-19-17-15-13-11-9-7-2/h8,10,14,16,19-22,25-28,32,34,38,40,43-44,47,49,53,55,59,61,65,67,86,90H,6-7,9,11-13,15,17-18,23-24,29-31,33,35-37,39,41-42,45-46,48,50-52,54,56-58,60,62-64,66,68-85H2,1-5H3/p+1/b10-8-,16-14-,21-19-,22-20-,27-25-,28-26-,34-32-,40-38-,44-43-,49-47-,55-53-,61-59-,67-65-. The zero-order valence-corrected chi connectivity index (χ0v) is 64.6. The Morgan fingerprint density at radius 1 is 0.313 bits per heavy atom. The Morgan fingerprint density at radius 2 is 0.576 bits per heavy atom. The van der Waals surface area contributed by atoms with Crippen LogP contribution in [0, 0.1) is 0 Å². The second-order valence-corrected chi connectivity index (χ2v) is 28.0. The minimum Gasteiger partial charge on any atom is -0.477 e. The van der Waals surface area contributed by atoms with Gasteiger partial charge in [0.2, 0.25) is 0 Å². The van der Waals surface area contributed by atoms with Crippen molar-refractivity contribution in [2.45, 2.75) is 347 Å². The van der Waals surface area contributed by atoms with Crippen LogP contribution in [0.15, 0.2) is 158 Å². The van der Waals surface area contributed by atoms with Gasteiger partial charge in [-0.05, 0) is 128 Å². The predicted octanol–water partition coefficient (Wildman–Crippen LogP) is 26.4. The quantitative estimate of drug-likeness (QED) is 0.0211. The molecule has 0 aromatic carbocycles. The van der Waals surface area contributed by atoms with Gasteiger partial charge in [-0.25, -0.2) is 4.79 Å². The number of likely N-dealkylation sites (N-methyl/N-ethyl adjacent to an activating group) is 1. The molecule has 0 bridgehead atoms. The number of allylic oxidation sites excluding steroid dienone is 26. The van der Waals surface area contributed by atoms with E-state index in [0.717, 1.165) is 128 Å². The average molecular weight is 1380 g/mol. The lowest BCUT2D eigenvalue weighted by atomic mass is 10.0. The van der Waals surface area contributed by atoms with Gasteiger partial charge in [0.1, 0.15) is 13.2 Å². The van der Waals surface area contributed by atoms with E-state index in [9.17, 15) is 19.5 Å². The molecule has 564 valence electrons. The minimum absolute atomic E-state index is 0.177. The van der Waals surface area contributed by atoms with Gasteiger partial charge in [0.15, 0.2) is 6.10 Å². The van der Waals surface area contributed by atoms with Crippen LogP contribution < -0.4 is 0 Å². The van der Waals surface area contributed by atoms with Crippen molar-refractivity contribution in [3.8, 4) is 0 Å². The molecule has 0 saturated carbocycles. The van der Waals surface area contributed by atoms with E-state index in [1.807, 2.05) is 21.1 Å². The van der Waals surface area contributed by atoms with Crippen LogP contribution in [0.1, 0.15) is 335 Å². The summed E-state index contributed by atoms with van der Waals surface area (Å²) in [5, 5.41) is 9.78. The number of hydrogen-bond acceptors (Lipinski definition) is 7. The van der Waals surface area contributed by atoms with Crippen molar-refractivity contribution in [1.82, 2.24) is 0 Å². The fourth-order valence-corrected chi connectivity index (χ4v) is 11.1. The van der Waals surface area contributed by atoms with Crippen molar-refractivity contribution >= 4 is 17.9 Å². The number of unbranched alkanes of at least 4 members (excludes halogenated alkanes) is 33. The Bertz CT molecular complexity index is 2200. The number of rotatable bonds is 74. The summed E-state index contributed by atoms with van der Waals surface area (Å²) in [5.41, 5.74) is 0. The highest BCUT2D eigenvalue weighted by Gasteiger charge is 2.25. The molecule has 0 aromatic rings. The molecule has 1 N–H and O–H groups in total. The number of aliphatic carboxylic acids is 1. The lowest BCUT2D eigenvalue weighted by molar-refractivity contribution is -0.870. The van der Waals surface area contributed by atoms with Gasteiger partial charge in [0.25, 0.3) is 6.29 Å². The molecule has 0 amide bonds. The molecule has 0 aliphatic heterocycles. The molecule has 2 unspecified atom stereocenters. The number of quaternary nitrogens is 1. The third-order valence-corrected chi connectivity index (χ3v) is 17.3. The molecule has 0 saturated heterocycles. The Kier molecular flexibility index (Phi) is 74.6. The lowest BCUT2D eigenvalue weighted by Crippen LogP contribution is -2.40. The molecule has 9 nitrogen and oxygen atoms in total. The molecule has 9 heteroatoms. The second-order valence-electron chi connectivity index (χ2n) is 28.0. The van der Waals surface area contributed by atoms with Crippen LogP contribution in [-0.2, 0) is 33.3 Å². The maximum Gasteiger partial charge on any atom is 0.361 e. The third kappa shape index (κ3) is 80.1. The van der Waals surface area contributed by atoms with E-state index in [-0.39, 0.29) is 32.2 Å². The van der Waals surface area contributed by atoms with E-state index >= 15 is 0 Å². The van der Waals surface area contributed by atoms with Gasteiger partial charge in [-0.1, -0.05) is 352 Å². The highest BCUT2D eigenvalue weighted by atomic mass is 16.7. The first-order valence-corrected chi connectivity index (χ1v) is 40.6. The maximum atomic E-state index is 13.0. The van der Waals surface area contributed by atoms with E-state index < -0.39 is 24.3 Å². The van der Waals surface area contributed by atoms with Crippen LogP contribution in [0.2, 0.25) is 0 Å². The number of carbonyl (C=O) groups excluding carboxylic acids is 2. The van der Waals surface area contributed by atoms with Gasteiger partial charge in [0, 0.05) is 12.8 Å². The van der Waals surface area contributed by atoms with Crippen LogP contribution in [0.5, 0.6) is 0 Å². The summed E-state index contributed by atoms with van der Waals surface area (Å²) in [6.07, 6.45) is 114. The molecule has 99 heavy (non-hydrogen) atoms. The van der Waals surface area contributed by atoms with E-state index in [2.05, 4.69) is 172 Å². The van der Waals surface area contributed by atoms with Gasteiger partial charge in [-0.2, -0.15) is 0 Å². The Hall–Kier alpha value is -5.09. The van der Waals surface area contributed by atoms with Crippen molar-refractivity contribution in [1.29, 1.82) is 0 Å². The number of carbonyl (C=O) groups is 3.